The van der Waals surface area contributed by atoms with Gasteiger partial charge in [0.15, 0.2) is 0 Å². The highest BCUT2D eigenvalue weighted by Gasteiger charge is 2.10. The molecular weight excluding hydrogens is 372 g/mol. The summed E-state index contributed by atoms with van der Waals surface area (Å²) >= 11 is 1.60. The normalized spacial score (nSPS) is 10.9. The molecule has 1 aromatic heterocycles. The van der Waals surface area contributed by atoms with Crippen LogP contribution in [0.2, 0.25) is 0 Å². The molecule has 2 N–H and O–H groups in total. The molecule has 28 heavy (non-hydrogen) atoms. The van der Waals surface area contributed by atoms with Crippen molar-refractivity contribution in [2.45, 2.75) is 23.6 Å². The number of hydrogen-bond donors (Lipinski definition) is 2. The third-order valence-electron chi connectivity index (χ3n) is 4.11. The van der Waals surface area contributed by atoms with Crippen LogP contribution in [0.15, 0.2) is 70.5 Å². The quantitative estimate of drug-likeness (QED) is 0.535. The van der Waals surface area contributed by atoms with E-state index >= 15 is 0 Å². The maximum absolute atomic E-state index is 11.1. The fourth-order valence-corrected chi connectivity index (χ4v) is 3.66. The second-order valence-corrected chi connectivity index (χ2v) is 7.59. The highest BCUT2D eigenvalue weighted by molar-refractivity contribution is 7.99. The van der Waals surface area contributed by atoms with Crippen molar-refractivity contribution in [3.05, 3.63) is 66.2 Å². The molecule has 0 spiro atoms. The van der Waals surface area contributed by atoms with Crippen molar-refractivity contribution in [3.63, 3.8) is 0 Å². The smallest absolute Gasteiger partial charge is 0.221 e. The predicted molar refractivity (Wildman–Crippen MR) is 110 cm³/mol. The van der Waals surface area contributed by atoms with Gasteiger partial charge in [-0.25, -0.2) is 0 Å². The topological polar surface area (TPSA) is 80.0 Å². The lowest BCUT2D eigenvalue weighted by molar-refractivity contribution is -0.114. The minimum absolute atomic E-state index is 0.0893. The Bertz CT molecular complexity index is 1170. The molecule has 0 aliphatic heterocycles. The number of amides is 1. The molecular formula is C21H18N4O2S. The Kier molecular flexibility index (Phi) is 4.75. The van der Waals surface area contributed by atoms with Gasteiger partial charge in [0.25, 0.3) is 0 Å². The van der Waals surface area contributed by atoms with Gasteiger partial charge in [0, 0.05) is 22.4 Å². The first-order valence-corrected chi connectivity index (χ1v) is 9.52. The molecule has 0 bridgehead atoms. The van der Waals surface area contributed by atoms with Gasteiger partial charge in [-0.15, -0.1) is 15.0 Å². The number of hydrogen-bond acceptors (Lipinski definition) is 5. The van der Waals surface area contributed by atoms with Crippen LogP contribution in [0.5, 0.6) is 5.75 Å². The number of carbonyl (C=O) groups excluding carboxylic acids is 1. The standard InChI is InChI=1S/C21H18N4O2S/c1-13-3-10-21(27)20(11-13)25-23-18-9-8-17(12-19(18)24-25)28-16-6-4-15(5-7-16)22-14(2)26/h3-12,27H,1-2H3,(H,22,26). The summed E-state index contributed by atoms with van der Waals surface area (Å²) in [6, 6.07) is 18.9. The third-order valence-corrected chi connectivity index (χ3v) is 5.11. The summed E-state index contributed by atoms with van der Waals surface area (Å²) in [4.78, 5) is 14.7. The molecule has 0 saturated carbocycles. The highest BCUT2D eigenvalue weighted by atomic mass is 32.2. The number of carbonyl (C=O) groups is 1. The number of aromatic nitrogens is 3. The fourth-order valence-electron chi connectivity index (χ4n) is 2.80. The van der Waals surface area contributed by atoms with E-state index in [0.717, 1.165) is 32.1 Å². The number of phenolic OH excluding ortho intramolecular Hbond substituents is 1. The van der Waals surface area contributed by atoms with Gasteiger partial charge in [-0.1, -0.05) is 17.8 Å². The van der Waals surface area contributed by atoms with Crippen LogP contribution in [-0.4, -0.2) is 26.0 Å². The first-order valence-electron chi connectivity index (χ1n) is 8.70. The maximum atomic E-state index is 11.1. The lowest BCUT2D eigenvalue weighted by Crippen LogP contribution is -2.05. The number of anilines is 1. The molecule has 6 nitrogen and oxygen atoms in total. The molecule has 4 aromatic rings. The SMILES string of the molecule is CC(=O)Nc1ccc(Sc2ccc3nn(-c4cc(C)ccc4O)nc3c2)cc1. The van der Waals surface area contributed by atoms with Crippen LogP contribution < -0.4 is 5.32 Å². The number of aryl methyl sites for hydroxylation is 1. The van der Waals surface area contributed by atoms with Crippen LogP contribution in [0.3, 0.4) is 0 Å². The van der Waals surface area contributed by atoms with E-state index in [0.29, 0.717) is 5.69 Å². The number of fused-ring (bicyclic) bond motifs is 1. The minimum atomic E-state index is -0.0893. The maximum Gasteiger partial charge on any atom is 0.221 e. The van der Waals surface area contributed by atoms with Crippen molar-refractivity contribution in [1.82, 2.24) is 15.0 Å². The molecule has 0 radical (unpaired) electrons. The molecule has 4 rings (SSSR count). The van der Waals surface area contributed by atoms with Crippen LogP contribution in [0.25, 0.3) is 16.7 Å². The molecule has 1 heterocycles. The van der Waals surface area contributed by atoms with Gasteiger partial charge in [-0.2, -0.15) is 0 Å². The second-order valence-electron chi connectivity index (χ2n) is 6.44. The molecule has 0 atom stereocenters. The first kappa shape index (κ1) is 18.1. The van der Waals surface area contributed by atoms with Gasteiger partial charge in [-0.3, -0.25) is 4.79 Å². The molecule has 0 unspecified atom stereocenters. The summed E-state index contributed by atoms with van der Waals surface area (Å²) in [7, 11) is 0. The fraction of sp³-hybridized carbons (Fsp3) is 0.0952. The van der Waals surface area contributed by atoms with Gasteiger partial charge < -0.3 is 10.4 Å². The van der Waals surface area contributed by atoms with Crippen LogP contribution in [0.1, 0.15) is 12.5 Å². The number of nitrogens with zero attached hydrogens (tertiary/aromatic N) is 3. The van der Waals surface area contributed by atoms with Gasteiger partial charge in [-0.05, 0) is 67.1 Å². The minimum Gasteiger partial charge on any atom is -0.506 e. The summed E-state index contributed by atoms with van der Waals surface area (Å²) in [5, 5.41) is 21.9. The molecule has 0 aliphatic rings. The van der Waals surface area contributed by atoms with Gasteiger partial charge >= 0.3 is 0 Å². The number of nitrogens with one attached hydrogen (secondary N) is 1. The first-order chi connectivity index (χ1) is 13.5. The average Bonchev–Trinajstić information content (AvgIpc) is 3.08. The van der Waals surface area contributed by atoms with E-state index in [4.69, 9.17) is 0 Å². The van der Waals surface area contributed by atoms with Crippen LogP contribution in [0.4, 0.5) is 5.69 Å². The highest BCUT2D eigenvalue weighted by Crippen LogP contribution is 2.31. The Morgan fingerprint density at radius 3 is 2.43 bits per heavy atom. The summed E-state index contributed by atoms with van der Waals surface area (Å²) < 4.78 is 0. The molecule has 7 heteroatoms. The Balaban J connectivity index is 1.59. The van der Waals surface area contributed by atoms with Crippen molar-refractivity contribution in [2.24, 2.45) is 0 Å². The zero-order valence-electron chi connectivity index (χ0n) is 15.4. The number of benzene rings is 3. The van der Waals surface area contributed by atoms with Crippen molar-refractivity contribution in [2.75, 3.05) is 5.32 Å². The number of aromatic hydroxyl groups is 1. The zero-order valence-corrected chi connectivity index (χ0v) is 16.2. The van der Waals surface area contributed by atoms with Crippen LogP contribution in [0, 0.1) is 6.92 Å². The van der Waals surface area contributed by atoms with E-state index in [-0.39, 0.29) is 11.7 Å². The van der Waals surface area contributed by atoms with E-state index in [2.05, 4.69) is 15.5 Å². The molecule has 0 saturated heterocycles. The zero-order chi connectivity index (χ0) is 19.7. The van der Waals surface area contributed by atoms with Crippen LogP contribution >= 0.6 is 11.8 Å². The van der Waals surface area contributed by atoms with Gasteiger partial charge in [0.2, 0.25) is 5.91 Å². The lowest BCUT2D eigenvalue weighted by Gasteiger charge is -2.04. The van der Waals surface area contributed by atoms with E-state index < -0.39 is 0 Å². The Hall–Kier alpha value is -3.32. The molecule has 3 aromatic carbocycles. The monoisotopic (exact) mass is 390 g/mol. The summed E-state index contributed by atoms with van der Waals surface area (Å²) in [5.41, 5.74) is 3.85. The largest absolute Gasteiger partial charge is 0.506 e. The number of phenols is 1. The van der Waals surface area contributed by atoms with Crippen molar-refractivity contribution in [1.29, 1.82) is 0 Å². The lowest BCUT2D eigenvalue weighted by atomic mass is 10.2. The Labute approximate surface area is 166 Å². The summed E-state index contributed by atoms with van der Waals surface area (Å²) in [6.45, 7) is 3.44. The van der Waals surface area contributed by atoms with E-state index in [9.17, 15) is 9.90 Å². The van der Waals surface area contributed by atoms with E-state index in [1.807, 2.05) is 61.5 Å². The van der Waals surface area contributed by atoms with E-state index in [1.54, 1.807) is 17.8 Å². The summed E-state index contributed by atoms with van der Waals surface area (Å²) in [5.74, 6) is 0.0494. The number of rotatable bonds is 4. The predicted octanol–water partition coefficient (Wildman–Crippen LogP) is 4.54. The van der Waals surface area contributed by atoms with Gasteiger partial charge in [0.1, 0.15) is 22.5 Å². The molecule has 0 aliphatic carbocycles. The van der Waals surface area contributed by atoms with Crippen molar-refractivity contribution < 1.29 is 9.90 Å². The Morgan fingerprint density at radius 1 is 0.964 bits per heavy atom. The average molecular weight is 390 g/mol. The second kappa shape index (κ2) is 7.36. The molecule has 0 fully saturated rings. The van der Waals surface area contributed by atoms with Crippen LogP contribution in [-0.2, 0) is 4.79 Å². The van der Waals surface area contributed by atoms with Gasteiger partial charge in [0.05, 0.1) is 0 Å². The molecule has 140 valence electrons. The third kappa shape index (κ3) is 3.84. The van der Waals surface area contributed by atoms with E-state index in [1.165, 1.54) is 11.7 Å². The Morgan fingerprint density at radius 2 is 1.68 bits per heavy atom. The molecule has 1 amide bonds. The van der Waals surface area contributed by atoms with Crippen molar-refractivity contribution >= 4 is 34.4 Å². The summed E-state index contributed by atoms with van der Waals surface area (Å²) in [6.07, 6.45) is 0. The van der Waals surface area contributed by atoms with Crippen molar-refractivity contribution in [3.8, 4) is 11.4 Å².